The highest BCUT2D eigenvalue weighted by Crippen LogP contribution is 2.36. The highest BCUT2D eigenvalue weighted by atomic mass is 79.9. The van der Waals surface area contributed by atoms with E-state index in [0.29, 0.717) is 12.2 Å². The summed E-state index contributed by atoms with van der Waals surface area (Å²) in [5, 5.41) is 0.820. The molecular weight excluding hydrogens is 406 g/mol. The van der Waals surface area contributed by atoms with Crippen LogP contribution in [-0.2, 0) is 9.47 Å². The van der Waals surface area contributed by atoms with Gasteiger partial charge in [-0.15, -0.1) is 0 Å². The van der Waals surface area contributed by atoms with E-state index in [1.807, 2.05) is 6.07 Å². The van der Waals surface area contributed by atoms with Crippen LogP contribution < -0.4 is 0 Å². The number of methoxy groups -OCH3 is 1. The van der Waals surface area contributed by atoms with E-state index in [2.05, 4.69) is 60.4 Å². The Labute approximate surface area is 170 Å². The van der Waals surface area contributed by atoms with E-state index in [-0.39, 0.29) is 11.5 Å². The first-order valence-corrected chi connectivity index (χ1v) is 10.2. The van der Waals surface area contributed by atoms with Crippen LogP contribution in [0.25, 0.3) is 5.57 Å². The number of esters is 1. The van der Waals surface area contributed by atoms with Crippen molar-refractivity contribution >= 4 is 27.5 Å². The molecule has 0 saturated heterocycles. The molecule has 1 aliphatic carbocycles. The summed E-state index contributed by atoms with van der Waals surface area (Å²) in [6.45, 7) is 11.3. The molecule has 0 aromatic carbocycles. The molecule has 1 aliphatic rings. The Morgan fingerprint density at radius 2 is 2.15 bits per heavy atom. The fourth-order valence-electron chi connectivity index (χ4n) is 3.25. The van der Waals surface area contributed by atoms with Crippen molar-refractivity contribution in [2.24, 2.45) is 5.92 Å². The smallest absolute Gasteiger partial charge is 0.339 e. The Bertz CT molecular complexity index is 747. The fraction of sp³-hybridized carbons (Fsp3) is 0.455. The number of rotatable bonds is 7. The maximum Gasteiger partial charge on any atom is 0.339 e. The summed E-state index contributed by atoms with van der Waals surface area (Å²) < 4.78 is 10.8. The Hall–Kier alpha value is -1.72. The molecule has 27 heavy (non-hydrogen) atoms. The molecule has 5 heteroatoms. The molecule has 0 spiro atoms. The molecule has 1 aromatic heterocycles. The zero-order valence-corrected chi connectivity index (χ0v) is 18.1. The molecule has 2 rings (SSSR count). The monoisotopic (exact) mass is 433 g/mol. The lowest BCUT2D eigenvalue weighted by Crippen LogP contribution is -2.34. The van der Waals surface area contributed by atoms with Crippen LogP contribution in [0.3, 0.4) is 0 Å². The molecule has 4 nitrogen and oxygen atoms in total. The molecule has 1 unspecified atom stereocenters. The molecule has 0 N–H and O–H groups in total. The number of carbonyl (C=O) groups is 1. The molecule has 0 fully saturated rings. The van der Waals surface area contributed by atoms with Gasteiger partial charge < -0.3 is 9.47 Å². The first kappa shape index (κ1) is 21.6. The van der Waals surface area contributed by atoms with E-state index >= 15 is 0 Å². The van der Waals surface area contributed by atoms with Gasteiger partial charge in [-0.25, -0.2) is 4.79 Å². The molecular formula is C22H28BrNO3. The maximum atomic E-state index is 11.6. The van der Waals surface area contributed by atoms with Gasteiger partial charge in [0.1, 0.15) is 0 Å². The van der Waals surface area contributed by atoms with Gasteiger partial charge >= 0.3 is 5.97 Å². The van der Waals surface area contributed by atoms with Crippen LogP contribution >= 0.6 is 15.9 Å². The SMILES string of the molecule is C=C(C1=CC(C(C)(C)OCCBr)CCC=C1C)c1ccc(C(=O)OC)cn1. The van der Waals surface area contributed by atoms with Gasteiger partial charge in [0, 0.05) is 23.0 Å². The van der Waals surface area contributed by atoms with Crippen molar-refractivity contribution in [2.45, 2.75) is 39.2 Å². The average molecular weight is 434 g/mol. The number of halogens is 1. The number of ether oxygens (including phenoxy) is 2. The van der Waals surface area contributed by atoms with Crippen molar-refractivity contribution in [2.75, 3.05) is 19.0 Å². The van der Waals surface area contributed by atoms with Gasteiger partial charge in [0.15, 0.2) is 0 Å². The molecule has 0 aliphatic heterocycles. The number of hydrogen-bond acceptors (Lipinski definition) is 4. The summed E-state index contributed by atoms with van der Waals surface area (Å²) >= 11 is 3.43. The zero-order chi connectivity index (χ0) is 20.0. The summed E-state index contributed by atoms with van der Waals surface area (Å²) in [6, 6.07) is 3.53. The van der Waals surface area contributed by atoms with Gasteiger partial charge in [0.25, 0.3) is 0 Å². The minimum Gasteiger partial charge on any atom is -0.465 e. The lowest BCUT2D eigenvalue weighted by molar-refractivity contribution is -0.0406. The van der Waals surface area contributed by atoms with Crippen LogP contribution in [0.1, 0.15) is 49.7 Å². The van der Waals surface area contributed by atoms with Crippen molar-refractivity contribution in [1.82, 2.24) is 4.98 Å². The molecule has 0 bridgehead atoms. The number of hydrogen-bond donors (Lipinski definition) is 0. The van der Waals surface area contributed by atoms with Crippen LogP contribution in [0.15, 0.2) is 48.2 Å². The van der Waals surface area contributed by atoms with E-state index in [0.717, 1.165) is 35.0 Å². The standard InChI is InChI=1S/C22H28BrNO3/c1-15-7-6-8-18(22(3,4)27-12-11-23)13-19(15)16(2)20-10-9-17(14-24-20)21(25)26-5/h7,9-10,13-14,18H,2,6,8,11-12H2,1,3-5H3. The third kappa shape index (κ3) is 5.39. The Kier molecular flexibility index (Phi) is 7.57. The molecule has 0 amide bonds. The van der Waals surface area contributed by atoms with Crippen LogP contribution in [0.5, 0.6) is 0 Å². The molecule has 1 atom stereocenters. The Morgan fingerprint density at radius 3 is 2.74 bits per heavy atom. The number of carbonyl (C=O) groups excluding carboxylic acids is 1. The summed E-state index contributed by atoms with van der Waals surface area (Å²) in [4.78, 5) is 16.0. The van der Waals surface area contributed by atoms with Crippen molar-refractivity contribution in [1.29, 1.82) is 0 Å². The predicted molar refractivity (Wildman–Crippen MR) is 113 cm³/mol. The number of nitrogens with zero attached hydrogens (tertiary/aromatic N) is 1. The van der Waals surface area contributed by atoms with Crippen LogP contribution in [0.2, 0.25) is 0 Å². The molecule has 1 heterocycles. The van der Waals surface area contributed by atoms with Crippen molar-refractivity contribution in [3.63, 3.8) is 0 Å². The molecule has 146 valence electrons. The minimum absolute atomic E-state index is 0.264. The van der Waals surface area contributed by atoms with Crippen molar-refractivity contribution in [3.8, 4) is 0 Å². The Balaban J connectivity index is 2.31. The number of alkyl halides is 1. The third-order valence-electron chi connectivity index (χ3n) is 4.98. The van der Waals surface area contributed by atoms with Gasteiger partial charge in [-0.05, 0) is 56.9 Å². The van der Waals surface area contributed by atoms with Crippen LogP contribution in [0, 0.1) is 5.92 Å². The maximum absolute atomic E-state index is 11.6. The topological polar surface area (TPSA) is 48.4 Å². The summed E-state index contributed by atoms with van der Waals surface area (Å²) in [6.07, 6.45) is 8.08. The van der Waals surface area contributed by atoms with Gasteiger partial charge in [0.05, 0.1) is 30.6 Å². The second-order valence-corrected chi connectivity index (χ2v) is 7.99. The number of pyridine rings is 1. The van der Waals surface area contributed by atoms with Crippen molar-refractivity contribution in [3.05, 3.63) is 59.5 Å². The van der Waals surface area contributed by atoms with Gasteiger partial charge in [0.2, 0.25) is 0 Å². The number of allylic oxidation sites excluding steroid dienone is 4. The molecule has 0 saturated carbocycles. The van der Waals surface area contributed by atoms with E-state index in [1.54, 1.807) is 6.07 Å². The first-order chi connectivity index (χ1) is 12.8. The van der Waals surface area contributed by atoms with Crippen molar-refractivity contribution < 1.29 is 14.3 Å². The van der Waals surface area contributed by atoms with Gasteiger partial charge in [-0.3, -0.25) is 4.98 Å². The van der Waals surface area contributed by atoms with E-state index in [4.69, 9.17) is 9.47 Å². The largest absolute Gasteiger partial charge is 0.465 e. The third-order valence-corrected chi connectivity index (χ3v) is 5.31. The summed E-state index contributed by atoms with van der Waals surface area (Å²) in [5.74, 6) is -0.124. The first-order valence-electron chi connectivity index (χ1n) is 9.13. The summed E-state index contributed by atoms with van der Waals surface area (Å²) in [7, 11) is 1.36. The second-order valence-electron chi connectivity index (χ2n) is 7.19. The summed E-state index contributed by atoms with van der Waals surface area (Å²) in [5.41, 5.74) is 4.05. The minimum atomic E-state index is -0.393. The van der Waals surface area contributed by atoms with Crippen LogP contribution in [-0.4, -0.2) is 35.6 Å². The number of aromatic nitrogens is 1. The quantitative estimate of drug-likeness (QED) is 0.429. The van der Waals surface area contributed by atoms with Gasteiger partial charge in [-0.2, -0.15) is 0 Å². The average Bonchev–Trinajstić information content (AvgIpc) is 2.87. The zero-order valence-electron chi connectivity index (χ0n) is 16.5. The fourth-order valence-corrected chi connectivity index (χ4v) is 3.41. The van der Waals surface area contributed by atoms with Gasteiger partial charge in [-0.1, -0.05) is 34.7 Å². The molecule has 1 aromatic rings. The lowest BCUT2D eigenvalue weighted by Gasteiger charge is -2.32. The van der Waals surface area contributed by atoms with E-state index < -0.39 is 5.97 Å². The highest BCUT2D eigenvalue weighted by molar-refractivity contribution is 9.09. The normalized spacial score (nSPS) is 17.6. The Morgan fingerprint density at radius 1 is 1.41 bits per heavy atom. The van der Waals surface area contributed by atoms with E-state index in [9.17, 15) is 4.79 Å². The van der Waals surface area contributed by atoms with Crippen LogP contribution in [0.4, 0.5) is 0 Å². The second kappa shape index (κ2) is 9.47. The lowest BCUT2D eigenvalue weighted by atomic mass is 9.84. The molecule has 0 radical (unpaired) electrons. The highest BCUT2D eigenvalue weighted by Gasteiger charge is 2.30. The predicted octanol–water partition coefficient (Wildman–Crippen LogP) is 5.35. The van der Waals surface area contributed by atoms with E-state index in [1.165, 1.54) is 18.9 Å².